The zero-order valence-corrected chi connectivity index (χ0v) is 8.79. The van der Waals surface area contributed by atoms with Gasteiger partial charge in [-0.15, -0.1) is 0 Å². The quantitative estimate of drug-likeness (QED) is 0.584. The fourth-order valence-electron chi connectivity index (χ4n) is 1.09. The van der Waals surface area contributed by atoms with Crippen molar-refractivity contribution in [2.24, 2.45) is 5.92 Å². The van der Waals surface area contributed by atoms with E-state index in [1.165, 1.54) is 12.0 Å². The van der Waals surface area contributed by atoms with Crippen LogP contribution in [0.3, 0.4) is 0 Å². The van der Waals surface area contributed by atoms with E-state index in [2.05, 4.69) is 44.2 Å². The molecular weight excluding hydrogens is 144 g/mol. The fraction of sp³-hybridized carbons (Fsp3) is 0.400. The SMILES string of the molecule is CC(C)Cc1ccccc1.[H-].[H-].[Mg+2]. The largest absolute Gasteiger partial charge is 2.00 e. The van der Waals surface area contributed by atoms with Crippen LogP contribution in [0.15, 0.2) is 30.3 Å². The zero-order chi connectivity index (χ0) is 7.40. The second-order valence-electron chi connectivity index (χ2n) is 3.08. The topological polar surface area (TPSA) is 0 Å². The summed E-state index contributed by atoms with van der Waals surface area (Å²) in [5.74, 6) is 0.766. The van der Waals surface area contributed by atoms with Crippen molar-refractivity contribution >= 4 is 23.1 Å². The smallest absolute Gasteiger partial charge is 1.00 e. The van der Waals surface area contributed by atoms with E-state index < -0.39 is 0 Å². The Morgan fingerprint density at radius 2 is 1.73 bits per heavy atom. The van der Waals surface area contributed by atoms with Crippen LogP contribution in [-0.2, 0) is 6.42 Å². The maximum atomic E-state index is 2.24. The summed E-state index contributed by atoms with van der Waals surface area (Å²) in [4.78, 5) is 0. The van der Waals surface area contributed by atoms with Crippen LogP contribution in [0, 0.1) is 5.92 Å². The van der Waals surface area contributed by atoms with Gasteiger partial charge < -0.3 is 2.85 Å². The molecule has 0 N–H and O–H groups in total. The van der Waals surface area contributed by atoms with Crippen LogP contribution in [-0.4, -0.2) is 23.1 Å². The van der Waals surface area contributed by atoms with Gasteiger partial charge >= 0.3 is 23.1 Å². The molecule has 0 fully saturated rings. The van der Waals surface area contributed by atoms with Crippen molar-refractivity contribution in [3.8, 4) is 0 Å². The molecule has 1 heteroatoms. The van der Waals surface area contributed by atoms with E-state index in [0.717, 1.165) is 5.92 Å². The van der Waals surface area contributed by atoms with Crippen molar-refractivity contribution < 1.29 is 2.85 Å². The molecule has 0 unspecified atom stereocenters. The van der Waals surface area contributed by atoms with Crippen LogP contribution < -0.4 is 0 Å². The van der Waals surface area contributed by atoms with E-state index >= 15 is 0 Å². The summed E-state index contributed by atoms with van der Waals surface area (Å²) < 4.78 is 0. The summed E-state index contributed by atoms with van der Waals surface area (Å²) >= 11 is 0. The van der Waals surface area contributed by atoms with E-state index in [1.54, 1.807) is 0 Å². The predicted octanol–water partition coefficient (Wildman–Crippen LogP) is 2.73. The standard InChI is InChI=1S/C10H14.Mg.2H/c1-9(2)8-10-6-4-3-5-7-10;;;/h3-7,9H,8H2,1-2H3;;;/q;+2;2*-1. The molecule has 11 heavy (non-hydrogen) atoms. The van der Waals surface area contributed by atoms with E-state index in [-0.39, 0.29) is 25.9 Å². The molecule has 58 valence electrons. The molecule has 1 aromatic rings. The Hall–Kier alpha value is -0.0138. The van der Waals surface area contributed by atoms with Crippen LogP contribution >= 0.6 is 0 Å². The van der Waals surface area contributed by atoms with Gasteiger partial charge in [-0.3, -0.25) is 0 Å². The Bertz CT molecular complexity index is 187. The van der Waals surface area contributed by atoms with Gasteiger partial charge in [0.25, 0.3) is 0 Å². The average molecular weight is 161 g/mol. The number of benzene rings is 1. The molecule has 0 saturated carbocycles. The minimum absolute atomic E-state index is 0. The summed E-state index contributed by atoms with van der Waals surface area (Å²) in [6.07, 6.45) is 1.20. The van der Waals surface area contributed by atoms with Crippen LogP contribution in [0.25, 0.3) is 0 Å². The van der Waals surface area contributed by atoms with Crippen LogP contribution in [0.4, 0.5) is 0 Å². The molecule has 0 radical (unpaired) electrons. The first-order chi connectivity index (χ1) is 4.79. The summed E-state index contributed by atoms with van der Waals surface area (Å²) in [7, 11) is 0. The second kappa shape index (κ2) is 5.61. The molecule has 1 aromatic carbocycles. The maximum Gasteiger partial charge on any atom is 2.00 e. The van der Waals surface area contributed by atoms with E-state index in [9.17, 15) is 0 Å². The molecule has 0 spiro atoms. The molecule has 0 aliphatic rings. The van der Waals surface area contributed by atoms with Crippen molar-refractivity contribution in [1.82, 2.24) is 0 Å². The third-order valence-electron chi connectivity index (χ3n) is 1.49. The minimum Gasteiger partial charge on any atom is -1.00 e. The molecule has 0 heterocycles. The summed E-state index contributed by atoms with van der Waals surface area (Å²) in [5.41, 5.74) is 1.44. The molecule has 0 amide bonds. The fourth-order valence-corrected chi connectivity index (χ4v) is 1.09. The molecule has 0 saturated heterocycles. The summed E-state index contributed by atoms with van der Waals surface area (Å²) in [5, 5.41) is 0. The Kier molecular flexibility index (Phi) is 5.61. The molecule has 0 aliphatic heterocycles. The molecule has 0 atom stereocenters. The van der Waals surface area contributed by atoms with Crippen LogP contribution in [0.1, 0.15) is 22.3 Å². The average Bonchev–Trinajstić information content (AvgIpc) is 1.88. The van der Waals surface area contributed by atoms with Gasteiger partial charge in [-0.2, -0.15) is 0 Å². The predicted molar refractivity (Wildman–Crippen MR) is 53.0 cm³/mol. The normalized spacial score (nSPS) is 9.36. The van der Waals surface area contributed by atoms with Gasteiger partial charge in [0.15, 0.2) is 0 Å². The third kappa shape index (κ3) is 4.43. The Morgan fingerprint density at radius 1 is 1.18 bits per heavy atom. The van der Waals surface area contributed by atoms with Gasteiger partial charge in [-0.1, -0.05) is 44.2 Å². The monoisotopic (exact) mass is 160 g/mol. The van der Waals surface area contributed by atoms with Gasteiger partial charge in [0.1, 0.15) is 0 Å². The maximum absolute atomic E-state index is 2.24. The van der Waals surface area contributed by atoms with Crippen molar-refractivity contribution in [2.75, 3.05) is 0 Å². The van der Waals surface area contributed by atoms with Gasteiger partial charge in [-0.25, -0.2) is 0 Å². The van der Waals surface area contributed by atoms with Gasteiger partial charge in [0, 0.05) is 0 Å². The molecular formula is C10H16Mg. The zero-order valence-electron chi connectivity index (χ0n) is 9.38. The first-order valence-corrected chi connectivity index (χ1v) is 3.83. The summed E-state index contributed by atoms with van der Waals surface area (Å²) in [6.45, 7) is 4.49. The van der Waals surface area contributed by atoms with E-state index in [0.29, 0.717) is 0 Å². The minimum atomic E-state index is 0. The molecule has 0 nitrogen and oxygen atoms in total. The van der Waals surface area contributed by atoms with Crippen LogP contribution in [0.2, 0.25) is 0 Å². The van der Waals surface area contributed by atoms with E-state index in [4.69, 9.17) is 0 Å². The number of hydrogen-bond donors (Lipinski definition) is 0. The number of hydrogen-bond acceptors (Lipinski definition) is 0. The Morgan fingerprint density at radius 3 is 2.18 bits per heavy atom. The van der Waals surface area contributed by atoms with Gasteiger partial charge in [-0.05, 0) is 17.9 Å². The van der Waals surface area contributed by atoms with E-state index in [1.807, 2.05) is 0 Å². The number of rotatable bonds is 2. The van der Waals surface area contributed by atoms with Crippen molar-refractivity contribution in [2.45, 2.75) is 20.3 Å². The van der Waals surface area contributed by atoms with Gasteiger partial charge in [0.05, 0.1) is 0 Å². The van der Waals surface area contributed by atoms with Crippen molar-refractivity contribution in [1.29, 1.82) is 0 Å². The Balaban J connectivity index is -0.000000333. The van der Waals surface area contributed by atoms with Crippen molar-refractivity contribution in [3.05, 3.63) is 35.9 Å². The molecule has 0 bridgehead atoms. The summed E-state index contributed by atoms with van der Waals surface area (Å²) in [6, 6.07) is 10.6. The Labute approximate surface area is 88.1 Å². The molecule has 0 aliphatic carbocycles. The first kappa shape index (κ1) is 11.0. The third-order valence-corrected chi connectivity index (χ3v) is 1.49. The second-order valence-corrected chi connectivity index (χ2v) is 3.08. The molecule has 0 aromatic heterocycles. The molecule has 1 rings (SSSR count). The van der Waals surface area contributed by atoms with Gasteiger partial charge in [0.2, 0.25) is 0 Å². The first-order valence-electron chi connectivity index (χ1n) is 3.83. The van der Waals surface area contributed by atoms with Crippen LogP contribution in [0.5, 0.6) is 0 Å². The van der Waals surface area contributed by atoms with Crippen molar-refractivity contribution in [3.63, 3.8) is 0 Å².